The highest BCUT2D eigenvalue weighted by Gasteiger charge is 2.25. The van der Waals surface area contributed by atoms with Gasteiger partial charge in [0.15, 0.2) is 0 Å². The highest BCUT2D eigenvalue weighted by Crippen LogP contribution is 2.05. The first-order valence-electron chi connectivity index (χ1n) is 4.10. The smallest absolute Gasteiger partial charge is 0.323 e. The zero-order valence-electron chi connectivity index (χ0n) is 7.09. The molecule has 0 radical (unpaired) electrons. The van der Waals surface area contributed by atoms with Crippen LogP contribution < -0.4 is 5.32 Å². The third-order valence-corrected chi connectivity index (χ3v) is 1.71. The van der Waals surface area contributed by atoms with Gasteiger partial charge in [-0.1, -0.05) is 13.8 Å². The summed E-state index contributed by atoms with van der Waals surface area (Å²) in [4.78, 5) is 10.9. The second-order valence-corrected chi connectivity index (χ2v) is 3.31. The van der Waals surface area contributed by atoms with Crippen LogP contribution in [0.4, 0.5) is 0 Å². The van der Waals surface area contributed by atoms with E-state index in [1.165, 1.54) is 0 Å². The van der Waals surface area contributed by atoms with Crippen molar-refractivity contribution in [3.8, 4) is 0 Å². The number of esters is 1. The molecule has 3 nitrogen and oxygen atoms in total. The Bertz CT molecular complexity index is 145. The minimum atomic E-state index is -0.0920. The molecular weight excluding hydrogens is 142 g/mol. The van der Waals surface area contributed by atoms with Crippen molar-refractivity contribution in [3.63, 3.8) is 0 Å². The summed E-state index contributed by atoms with van der Waals surface area (Å²) < 4.78 is 4.80. The van der Waals surface area contributed by atoms with Crippen LogP contribution in [0.25, 0.3) is 0 Å². The molecule has 1 fully saturated rings. The van der Waals surface area contributed by atoms with Crippen LogP contribution in [0.2, 0.25) is 0 Å². The Hall–Kier alpha value is -0.570. The third kappa shape index (κ3) is 2.50. The van der Waals surface area contributed by atoms with E-state index >= 15 is 0 Å². The monoisotopic (exact) mass is 157 g/mol. The van der Waals surface area contributed by atoms with Crippen molar-refractivity contribution < 1.29 is 9.53 Å². The Morgan fingerprint density at radius 3 is 2.91 bits per heavy atom. The molecule has 0 aliphatic carbocycles. The predicted molar refractivity (Wildman–Crippen MR) is 42.2 cm³/mol. The summed E-state index contributed by atoms with van der Waals surface area (Å²) in [5.74, 6) is 0.494. The topological polar surface area (TPSA) is 38.3 Å². The van der Waals surface area contributed by atoms with Crippen molar-refractivity contribution in [1.29, 1.82) is 0 Å². The van der Waals surface area contributed by atoms with Gasteiger partial charge in [-0.05, 0) is 12.5 Å². The molecule has 0 bridgehead atoms. The molecule has 1 aliphatic rings. The molecule has 1 atom stereocenters. The van der Waals surface area contributed by atoms with Gasteiger partial charge < -0.3 is 10.1 Å². The van der Waals surface area contributed by atoms with Crippen LogP contribution >= 0.6 is 0 Å². The second kappa shape index (κ2) is 3.72. The molecule has 0 aromatic carbocycles. The molecule has 1 saturated heterocycles. The summed E-state index contributed by atoms with van der Waals surface area (Å²) in [5, 5.41) is 3.16. The Morgan fingerprint density at radius 1 is 1.73 bits per heavy atom. The molecule has 0 amide bonds. The van der Waals surface area contributed by atoms with Crippen LogP contribution in [0.5, 0.6) is 0 Å². The molecule has 64 valence electrons. The summed E-state index contributed by atoms with van der Waals surface area (Å²) in [6.45, 7) is 5.70. The highest BCUT2D eigenvalue weighted by molar-refractivity contribution is 5.77. The van der Waals surface area contributed by atoms with Crippen molar-refractivity contribution in [2.75, 3.05) is 13.2 Å². The van der Waals surface area contributed by atoms with E-state index in [9.17, 15) is 4.79 Å². The molecule has 0 saturated carbocycles. The SMILES string of the molecule is CC(C)CN[C@H]1CCOC1=O. The van der Waals surface area contributed by atoms with E-state index < -0.39 is 0 Å². The predicted octanol–water partition coefficient (Wildman–Crippen LogP) is 0.547. The van der Waals surface area contributed by atoms with Gasteiger partial charge >= 0.3 is 5.97 Å². The minimum absolute atomic E-state index is 0.0441. The lowest BCUT2D eigenvalue weighted by atomic mass is 10.2. The van der Waals surface area contributed by atoms with Crippen LogP contribution in [0.1, 0.15) is 20.3 Å². The number of hydrogen-bond acceptors (Lipinski definition) is 3. The van der Waals surface area contributed by atoms with Crippen LogP contribution in [0, 0.1) is 5.92 Å². The van der Waals surface area contributed by atoms with Gasteiger partial charge in [-0.25, -0.2) is 0 Å². The maximum Gasteiger partial charge on any atom is 0.323 e. The molecule has 0 aromatic rings. The largest absolute Gasteiger partial charge is 0.464 e. The molecular formula is C8H15NO2. The molecule has 1 heterocycles. The van der Waals surface area contributed by atoms with E-state index in [0.29, 0.717) is 12.5 Å². The van der Waals surface area contributed by atoms with Crippen LogP contribution in [0.3, 0.4) is 0 Å². The highest BCUT2D eigenvalue weighted by atomic mass is 16.5. The number of carbonyl (C=O) groups excluding carboxylic acids is 1. The Labute approximate surface area is 67.1 Å². The van der Waals surface area contributed by atoms with Gasteiger partial charge in [0, 0.05) is 6.42 Å². The number of rotatable bonds is 3. The van der Waals surface area contributed by atoms with E-state index in [1.807, 2.05) is 0 Å². The fraction of sp³-hybridized carbons (Fsp3) is 0.875. The molecule has 1 N–H and O–H groups in total. The van der Waals surface area contributed by atoms with E-state index in [0.717, 1.165) is 13.0 Å². The Kier molecular flexibility index (Phi) is 2.88. The lowest BCUT2D eigenvalue weighted by molar-refractivity contribution is -0.139. The second-order valence-electron chi connectivity index (χ2n) is 3.31. The first-order chi connectivity index (χ1) is 5.20. The van der Waals surface area contributed by atoms with Crippen LogP contribution in [0.15, 0.2) is 0 Å². The summed E-state index contributed by atoms with van der Waals surface area (Å²) in [6.07, 6.45) is 0.825. The van der Waals surface area contributed by atoms with Gasteiger partial charge in [-0.2, -0.15) is 0 Å². The van der Waals surface area contributed by atoms with E-state index in [4.69, 9.17) is 4.74 Å². The van der Waals surface area contributed by atoms with Gasteiger partial charge in [0.1, 0.15) is 6.04 Å². The Morgan fingerprint density at radius 2 is 2.45 bits per heavy atom. The maximum absolute atomic E-state index is 10.9. The van der Waals surface area contributed by atoms with Crippen molar-refractivity contribution in [1.82, 2.24) is 5.32 Å². The van der Waals surface area contributed by atoms with Gasteiger partial charge in [-0.15, -0.1) is 0 Å². The standard InChI is InChI=1S/C8H15NO2/c1-6(2)5-9-7-3-4-11-8(7)10/h6-7,9H,3-5H2,1-2H3/t7-/m0/s1. The molecule has 3 heteroatoms. The molecule has 0 aromatic heterocycles. The van der Waals surface area contributed by atoms with Crippen molar-refractivity contribution >= 4 is 5.97 Å². The number of carbonyl (C=O) groups is 1. The fourth-order valence-electron chi connectivity index (χ4n) is 1.06. The van der Waals surface area contributed by atoms with Gasteiger partial charge in [-0.3, -0.25) is 4.79 Å². The zero-order chi connectivity index (χ0) is 8.27. The first-order valence-corrected chi connectivity index (χ1v) is 4.10. The summed E-state index contributed by atoms with van der Waals surface area (Å²) in [6, 6.07) is -0.0441. The molecule has 0 unspecified atom stereocenters. The summed E-state index contributed by atoms with van der Waals surface area (Å²) >= 11 is 0. The lowest BCUT2D eigenvalue weighted by Gasteiger charge is -2.09. The quantitative estimate of drug-likeness (QED) is 0.608. The number of nitrogens with one attached hydrogen (secondary N) is 1. The molecule has 1 aliphatic heterocycles. The summed E-state index contributed by atoms with van der Waals surface area (Å²) in [7, 11) is 0. The van der Waals surface area contributed by atoms with E-state index in [2.05, 4.69) is 19.2 Å². The fourth-order valence-corrected chi connectivity index (χ4v) is 1.06. The average Bonchev–Trinajstić information content (AvgIpc) is 2.31. The Balaban J connectivity index is 2.20. The van der Waals surface area contributed by atoms with E-state index in [-0.39, 0.29) is 12.0 Å². The van der Waals surface area contributed by atoms with Crippen LogP contribution in [-0.4, -0.2) is 25.2 Å². The maximum atomic E-state index is 10.9. The van der Waals surface area contributed by atoms with Gasteiger partial charge in [0.2, 0.25) is 0 Å². The van der Waals surface area contributed by atoms with E-state index in [1.54, 1.807) is 0 Å². The molecule has 11 heavy (non-hydrogen) atoms. The normalized spacial score (nSPS) is 24.3. The number of ether oxygens (including phenoxy) is 1. The number of hydrogen-bond donors (Lipinski definition) is 1. The first kappa shape index (κ1) is 8.53. The van der Waals surface area contributed by atoms with Crippen molar-refractivity contribution in [2.45, 2.75) is 26.3 Å². The van der Waals surface area contributed by atoms with Crippen LogP contribution in [-0.2, 0) is 9.53 Å². The molecule has 0 spiro atoms. The zero-order valence-corrected chi connectivity index (χ0v) is 7.09. The minimum Gasteiger partial charge on any atom is -0.464 e. The van der Waals surface area contributed by atoms with Gasteiger partial charge in [0.25, 0.3) is 0 Å². The van der Waals surface area contributed by atoms with Gasteiger partial charge in [0.05, 0.1) is 6.61 Å². The third-order valence-electron chi connectivity index (χ3n) is 1.71. The van der Waals surface area contributed by atoms with Crippen molar-refractivity contribution in [2.24, 2.45) is 5.92 Å². The summed E-state index contributed by atoms with van der Waals surface area (Å²) in [5.41, 5.74) is 0. The molecule has 1 rings (SSSR count). The van der Waals surface area contributed by atoms with Crippen molar-refractivity contribution in [3.05, 3.63) is 0 Å². The lowest BCUT2D eigenvalue weighted by Crippen LogP contribution is -2.35. The average molecular weight is 157 g/mol. The number of cyclic esters (lactones) is 1.